The third-order valence-electron chi connectivity index (χ3n) is 5.85. The van der Waals surface area contributed by atoms with Crippen LogP contribution < -0.4 is 5.32 Å². The molecule has 2 N–H and O–H groups in total. The van der Waals surface area contributed by atoms with E-state index in [4.69, 9.17) is 0 Å². The van der Waals surface area contributed by atoms with E-state index >= 15 is 0 Å². The third kappa shape index (κ3) is 4.86. The second-order valence-electron chi connectivity index (χ2n) is 8.32. The first kappa shape index (κ1) is 20.5. The smallest absolute Gasteiger partial charge is 0.253 e. The molecule has 0 spiro atoms. The number of piperidine rings is 1. The lowest BCUT2D eigenvalue weighted by molar-refractivity contribution is 0.0792. The van der Waals surface area contributed by atoms with Gasteiger partial charge in [-0.3, -0.25) is 14.7 Å². The highest BCUT2D eigenvalue weighted by molar-refractivity contribution is 5.98. The van der Waals surface area contributed by atoms with E-state index in [9.17, 15) is 9.90 Å². The van der Waals surface area contributed by atoms with E-state index < -0.39 is 0 Å². The third-order valence-corrected chi connectivity index (χ3v) is 5.85. The maximum atomic E-state index is 12.7. The molecule has 1 aromatic heterocycles. The number of fused-ring (bicyclic) bond motifs is 1. The summed E-state index contributed by atoms with van der Waals surface area (Å²) >= 11 is 0. The van der Waals surface area contributed by atoms with Gasteiger partial charge >= 0.3 is 0 Å². The Balaban J connectivity index is 1.36. The number of hydrogen-bond acceptors (Lipinski definition) is 4. The molecule has 1 aliphatic rings. The number of aliphatic hydroxyl groups is 1. The molecule has 2 heterocycles. The average molecular weight is 404 g/mol. The standard InChI is InChI=1S/C25H29N3O2/c1-17-3-8-21-14-23(18(2)27-24(21)13-17)25(30)26-15-19-4-6-20(7-5-19)16-28-11-9-22(29)10-12-28/h3-8,13-14,22,29H,9-12,15-16H2,1-2H3,(H,26,30). The number of rotatable bonds is 5. The molecule has 1 saturated heterocycles. The highest BCUT2D eigenvalue weighted by Crippen LogP contribution is 2.18. The molecule has 0 saturated carbocycles. The zero-order valence-electron chi connectivity index (χ0n) is 17.7. The van der Waals surface area contributed by atoms with Gasteiger partial charge in [-0.15, -0.1) is 0 Å². The van der Waals surface area contributed by atoms with Crippen molar-refractivity contribution in [1.29, 1.82) is 0 Å². The zero-order valence-corrected chi connectivity index (χ0v) is 17.7. The van der Waals surface area contributed by atoms with Crippen molar-refractivity contribution in [3.05, 3.63) is 76.5 Å². The van der Waals surface area contributed by atoms with E-state index in [1.807, 2.05) is 38.1 Å². The largest absolute Gasteiger partial charge is 0.393 e. The number of benzene rings is 2. The monoisotopic (exact) mass is 403 g/mol. The van der Waals surface area contributed by atoms with Crippen LogP contribution in [0.25, 0.3) is 10.9 Å². The Morgan fingerprint density at radius 1 is 1.07 bits per heavy atom. The molecule has 2 aromatic carbocycles. The van der Waals surface area contributed by atoms with Crippen molar-refractivity contribution in [2.24, 2.45) is 0 Å². The molecule has 5 heteroatoms. The van der Waals surface area contributed by atoms with Gasteiger partial charge in [0.1, 0.15) is 0 Å². The molecule has 3 aromatic rings. The van der Waals surface area contributed by atoms with Crippen molar-refractivity contribution in [3.8, 4) is 0 Å². The van der Waals surface area contributed by atoms with Gasteiger partial charge in [-0.25, -0.2) is 0 Å². The summed E-state index contributed by atoms with van der Waals surface area (Å²) in [5, 5.41) is 13.6. The summed E-state index contributed by atoms with van der Waals surface area (Å²) in [7, 11) is 0. The summed E-state index contributed by atoms with van der Waals surface area (Å²) in [6, 6.07) is 16.4. The fourth-order valence-electron chi connectivity index (χ4n) is 3.98. The second kappa shape index (κ2) is 8.94. The number of nitrogens with one attached hydrogen (secondary N) is 1. The molecule has 0 bridgehead atoms. The van der Waals surface area contributed by atoms with Gasteiger partial charge in [0.05, 0.1) is 22.9 Å². The molecule has 30 heavy (non-hydrogen) atoms. The van der Waals surface area contributed by atoms with E-state index in [0.29, 0.717) is 12.1 Å². The predicted octanol–water partition coefficient (Wildman–Crippen LogP) is 3.74. The number of pyridine rings is 1. The molecule has 5 nitrogen and oxygen atoms in total. The second-order valence-corrected chi connectivity index (χ2v) is 8.32. The number of hydrogen-bond donors (Lipinski definition) is 2. The molecule has 0 unspecified atom stereocenters. The van der Waals surface area contributed by atoms with Gasteiger partial charge in [-0.2, -0.15) is 0 Å². The zero-order chi connectivity index (χ0) is 21.1. The molecular weight excluding hydrogens is 374 g/mol. The number of likely N-dealkylation sites (tertiary alicyclic amines) is 1. The number of aryl methyl sites for hydroxylation is 2. The van der Waals surface area contributed by atoms with Crippen molar-refractivity contribution in [2.75, 3.05) is 13.1 Å². The van der Waals surface area contributed by atoms with Gasteiger partial charge < -0.3 is 10.4 Å². The van der Waals surface area contributed by atoms with Crippen LogP contribution in [0.4, 0.5) is 0 Å². The maximum absolute atomic E-state index is 12.7. The first-order chi connectivity index (χ1) is 14.5. The summed E-state index contributed by atoms with van der Waals surface area (Å²) in [5.74, 6) is -0.0987. The lowest BCUT2D eigenvalue weighted by atomic mass is 10.1. The number of carbonyl (C=O) groups excluding carboxylic acids is 1. The van der Waals surface area contributed by atoms with E-state index in [0.717, 1.165) is 60.2 Å². The van der Waals surface area contributed by atoms with E-state index in [-0.39, 0.29) is 12.0 Å². The lowest BCUT2D eigenvalue weighted by Gasteiger charge is -2.29. The number of amides is 1. The molecule has 1 aliphatic heterocycles. The van der Waals surface area contributed by atoms with E-state index in [2.05, 4.69) is 39.5 Å². The molecule has 4 rings (SSSR count). The van der Waals surface area contributed by atoms with Gasteiger partial charge in [0.15, 0.2) is 0 Å². The Hall–Kier alpha value is -2.76. The van der Waals surface area contributed by atoms with E-state index in [1.54, 1.807) is 0 Å². The van der Waals surface area contributed by atoms with Gasteiger partial charge in [0, 0.05) is 31.6 Å². The minimum absolute atomic E-state index is 0.0987. The van der Waals surface area contributed by atoms with Gasteiger partial charge in [-0.1, -0.05) is 36.4 Å². The minimum Gasteiger partial charge on any atom is -0.393 e. The van der Waals surface area contributed by atoms with Crippen molar-refractivity contribution in [2.45, 2.75) is 45.9 Å². The molecule has 1 fully saturated rings. The normalized spacial score (nSPS) is 15.4. The first-order valence-electron chi connectivity index (χ1n) is 10.6. The molecule has 0 atom stereocenters. The summed E-state index contributed by atoms with van der Waals surface area (Å²) in [6.07, 6.45) is 1.57. The van der Waals surface area contributed by atoms with Crippen LogP contribution in [0, 0.1) is 13.8 Å². The molecule has 0 radical (unpaired) electrons. The minimum atomic E-state index is -0.141. The van der Waals surface area contributed by atoms with Crippen LogP contribution >= 0.6 is 0 Å². The van der Waals surface area contributed by atoms with Crippen LogP contribution in [-0.4, -0.2) is 40.1 Å². The quantitative estimate of drug-likeness (QED) is 0.681. The topological polar surface area (TPSA) is 65.5 Å². The maximum Gasteiger partial charge on any atom is 0.253 e. The van der Waals surface area contributed by atoms with Crippen LogP contribution in [0.15, 0.2) is 48.5 Å². The van der Waals surface area contributed by atoms with Gasteiger partial charge in [0.25, 0.3) is 5.91 Å². The SMILES string of the molecule is Cc1ccc2cc(C(=O)NCc3ccc(CN4CCC(O)CC4)cc3)c(C)nc2c1. The fraction of sp³-hybridized carbons (Fsp3) is 0.360. The molecular formula is C25H29N3O2. The van der Waals surface area contributed by atoms with Crippen LogP contribution in [0.5, 0.6) is 0 Å². The highest BCUT2D eigenvalue weighted by atomic mass is 16.3. The summed E-state index contributed by atoms with van der Waals surface area (Å²) in [4.78, 5) is 19.7. The average Bonchev–Trinajstić information content (AvgIpc) is 2.74. The van der Waals surface area contributed by atoms with Gasteiger partial charge in [-0.05, 0) is 55.5 Å². The number of nitrogens with zero attached hydrogens (tertiary/aromatic N) is 2. The van der Waals surface area contributed by atoms with Crippen molar-refractivity contribution >= 4 is 16.8 Å². The fourth-order valence-corrected chi connectivity index (χ4v) is 3.98. The van der Waals surface area contributed by atoms with Crippen molar-refractivity contribution < 1.29 is 9.90 Å². The van der Waals surface area contributed by atoms with E-state index in [1.165, 1.54) is 5.56 Å². The van der Waals surface area contributed by atoms with Crippen molar-refractivity contribution in [1.82, 2.24) is 15.2 Å². The first-order valence-corrected chi connectivity index (χ1v) is 10.6. The van der Waals surface area contributed by atoms with Gasteiger partial charge in [0.2, 0.25) is 0 Å². The van der Waals surface area contributed by atoms with Crippen LogP contribution in [0.2, 0.25) is 0 Å². The summed E-state index contributed by atoms with van der Waals surface area (Å²) < 4.78 is 0. The van der Waals surface area contributed by atoms with Crippen molar-refractivity contribution in [3.63, 3.8) is 0 Å². The Morgan fingerprint density at radius 3 is 2.50 bits per heavy atom. The number of aromatic nitrogens is 1. The Morgan fingerprint density at radius 2 is 1.77 bits per heavy atom. The lowest BCUT2D eigenvalue weighted by Crippen LogP contribution is -2.35. The Labute approximate surface area is 177 Å². The Bertz CT molecular complexity index is 1040. The summed E-state index contributed by atoms with van der Waals surface area (Å²) in [6.45, 7) is 7.20. The number of aliphatic hydroxyl groups excluding tert-OH is 1. The van der Waals surface area contributed by atoms with Crippen LogP contribution in [0.3, 0.4) is 0 Å². The van der Waals surface area contributed by atoms with Crippen LogP contribution in [0.1, 0.15) is 45.6 Å². The Kier molecular flexibility index (Phi) is 6.11. The highest BCUT2D eigenvalue weighted by Gasteiger charge is 2.17. The summed E-state index contributed by atoms with van der Waals surface area (Å²) in [5.41, 5.74) is 5.77. The molecule has 156 valence electrons. The number of carbonyl (C=O) groups is 1. The molecule has 0 aliphatic carbocycles. The van der Waals surface area contributed by atoms with Crippen LogP contribution in [-0.2, 0) is 13.1 Å². The predicted molar refractivity (Wildman–Crippen MR) is 119 cm³/mol. The molecule has 1 amide bonds.